The van der Waals surface area contributed by atoms with Crippen LogP contribution in [0.25, 0.3) is 0 Å². The summed E-state index contributed by atoms with van der Waals surface area (Å²) in [5.74, 6) is -0.854. The van der Waals surface area contributed by atoms with Crippen LogP contribution in [-0.2, 0) is 22.3 Å². The number of rotatable bonds is 6. The molecule has 0 fully saturated rings. The SMILES string of the molecule is CC(=O)N(CCC(=O)Nc1ccccc1C(F)(F)F)Cc1ccccn1. The van der Waals surface area contributed by atoms with Crippen LogP contribution in [0, 0.1) is 0 Å². The van der Waals surface area contributed by atoms with Crippen LogP contribution in [0.15, 0.2) is 48.7 Å². The van der Waals surface area contributed by atoms with E-state index in [2.05, 4.69) is 10.3 Å². The Balaban J connectivity index is 1.98. The first-order chi connectivity index (χ1) is 12.3. The molecule has 1 aromatic heterocycles. The van der Waals surface area contributed by atoms with Crippen molar-refractivity contribution in [3.63, 3.8) is 0 Å². The number of anilines is 1. The highest BCUT2D eigenvalue weighted by molar-refractivity contribution is 5.92. The van der Waals surface area contributed by atoms with Gasteiger partial charge in [-0.2, -0.15) is 13.2 Å². The van der Waals surface area contributed by atoms with Gasteiger partial charge in [0.05, 0.1) is 23.5 Å². The Morgan fingerprint density at radius 1 is 1.12 bits per heavy atom. The van der Waals surface area contributed by atoms with Crippen LogP contribution in [-0.4, -0.2) is 28.2 Å². The topological polar surface area (TPSA) is 62.3 Å². The number of nitrogens with zero attached hydrogens (tertiary/aromatic N) is 2. The van der Waals surface area contributed by atoms with Crippen molar-refractivity contribution in [3.8, 4) is 0 Å². The molecular formula is C18H18F3N3O2. The molecule has 8 heteroatoms. The third-order valence-corrected chi connectivity index (χ3v) is 3.64. The third-order valence-electron chi connectivity index (χ3n) is 3.64. The lowest BCUT2D eigenvalue weighted by atomic mass is 10.1. The monoisotopic (exact) mass is 365 g/mol. The number of carbonyl (C=O) groups is 2. The summed E-state index contributed by atoms with van der Waals surface area (Å²) in [6.07, 6.45) is -3.10. The summed E-state index contributed by atoms with van der Waals surface area (Å²) in [4.78, 5) is 29.3. The van der Waals surface area contributed by atoms with E-state index in [0.29, 0.717) is 5.69 Å². The van der Waals surface area contributed by atoms with Crippen molar-refractivity contribution >= 4 is 17.5 Å². The van der Waals surface area contributed by atoms with Gasteiger partial charge in [0, 0.05) is 26.1 Å². The average Bonchev–Trinajstić information content (AvgIpc) is 2.58. The second kappa shape index (κ2) is 8.46. The minimum Gasteiger partial charge on any atom is -0.337 e. The molecule has 0 aliphatic rings. The van der Waals surface area contributed by atoms with Gasteiger partial charge in [0.25, 0.3) is 0 Å². The molecule has 0 spiro atoms. The highest BCUT2D eigenvalue weighted by Crippen LogP contribution is 2.34. The van der Waals surface area contributed by atoms with E-state index < -0.39 is 17.6 Å². The number of nitrogens with one attached hydrogen (secondary N) is 1. The standard InChI is InChI=1S/C18H18F3N3O2/c1-13(25)24(12-14-6-4-5-10-22-14)11-9-17(26)23-16-8-3-2-7-15(16)18(19,20)21/h2-8,10H,9,11-12H2,1H3,(H,23,26). The van der Waals surface area contributed by atoms with Crippen LogP contribution in [0.5, 0.6) is 0 Å². The van der Waals surface area contributed by atoms with Gasteiger partial charge in [0.15, 0.2) is 0 Å². The second-order valence-electron chi connectivity index (χ2n) is 5.60. The minimum absolute atomic E-state index is 0.0753. The Labute approximate surface area is 148 Å². The summed E-state index contributed by atoms with van der Waals surface area (Å²) in [6, 6.07) is 10.0. The molecule has 0 atom stereocenters. The maximum Gasteiger partial charge on any atom is 0.418 e. The maximum atomic E-state index is 12.9. The van der Waals surface area contributed by atoms with Gasteiger partial charge in [-0.1, -0.05) is 18.2 Å². The van der Waals surface area contributed by atoms with Gasteiger partial charge in [-0.15, -0.1) is 0 Å². The molecule has 0 aliphatic carbocycles. The summed E-state index contributed by atoms with van der Waals surface area (Å²) >= 11 is 0. The fraction of sp³-hybridized carbons (Fsp3) is 0.278. The van der Waals surface area contributed by atoms with E-state index in [1.54, 1.807) is 24.4 Å². The summed E-state index contributed by atoms with van der Waals surface area (Å²) in [5, 5.41) is 2.26. The van der Waals surface area contributed by atoms with Crippen molar-refractivity contribution in [2.24, 2.45) is 0 Å². The van der Waals surface area contributed by atoms with Gasteiger partial charge in [-0.25, -0.2) is 0 Å². The lowest BCUT2D eigenvalue weighted by molar-refractivity contribution is -0.137. The number of para-hydroxylation sites is 1. The number of pyridine rings is 1. The van der Waals surface area contributed by atoms with Crippen molar-refractivity contribution < 1.29 is 22.8 Å². The zero-order valence-electron chi connectivity index (χ0n) is 14.1. The maximum absolute atomic E-state index is 12.9. The first kappa shape index (κ1) is 19.4. The van der Waals surface area contributed by atoms with Crippen LogP contribution < -0.4 is 5.32 Å². The number of aromatic nitrogens is 1. The molecule has 0 unspecified atom stereocenters. The molecule has 0 radical (unpaired) electrons. The number of amides is 2. The fourth-order valence-electron chi connectivity index (χ4n) is 2.32. The van der Waals surface area contributed by atoms with Crippen molar-refractivity contribution in [3.05, 3.63) is 59.9 Å². The molecule has 0 aliphatic heterocycles. The number of halogens is 3. The highest BCUT2D eigenvalue weighted by atomic mass is 19.4. The van der Waals surface area contributed by atoms with Crippen LogP contribution in [0.4, 0.5) is 18.9 Å². The Bertz CT molecular complexity index is 764. The van der Waals surface area contributed by atoms with E-state index in [1.807, 2.05) is 0 Å². The molecule has 2 amide bonds. The molecule has 0 saturated heterocycles. The Hall–Kier alpha value is -2.90. The predicted octanol–water partition coefficient (Wildman–Crippen LogP) is 3.48. The molecule has 1 aromatic carbocycles. The molecule has 26 heavy (non-hydrogen) atoms. The Morgan fingerprint density at radius 2 is 1.81 bits per heavy atom. The molecule has 2 rings (SSSR count). The van der Waals surface area contributed by atoms with Crippen molar-refractivity contribution in [2.75, 3.05) is 11.9 Å². The number of hydrogen-bond donors (Lipinski definition) is 1. The lowest BCUT2D eigenvalue weighted by Crippen LogP contribution is -2.32. The van der Waals surface area contributed by atoms with Gasteiger partial charge >= 0.3 is 6.18 Å². The Kier molecular flexibility index (Phi) is 6.32. The van der Waals surface area contributed by atoms with E-state index in [-0.39, 0.29) is 31.1 Å². The molecule has 0 bridgehead atoms. The summed E-state index contributed by atoms with van der Waals surface area (Å²) < 4.78 is 38.8. The summed E-state index contributed by atoms with van der Waals surface area (Å²) in [6.45, 7) is 1.66. The Morgan fingerprint density at radius 3 is 2.42 bits per heavy atom. The van der Waals surface area contributed by atoms with E-state index in [1.165, 1.54) is 30.0 Å². The van der Waals surface area contributed by atoms with Crippen LogP contribution in [0.3, 0.4) is 0 Å². The van der Waals surface area contributed by atoms with Gasteiger partial charge in [-0.3, -0.25) is 14.6 Å². The number of benzene rings is 1. The predicted molar refractivity (Wildman–Crippen MR) is 90.0 cm³/mol. The molecule has 138 valence electrons. The summed E-state index contributed by atoms with van der Waals surface area (Å²) in [7, 11) is 0. The smallest absolute Gasteiger partial charge is 0.337 e. The number of alkyl halides is 3. The van der Waals surface area contributed by atoms with Gasteiger partial charge in [0.1, 0.15) is 0 Å². The van der Waals surface area contributed by atoms with Crippen molar-refractivity contribution in [1.82, 2.24) is 9.88 Å². The normalized spacial score (nSPS) is 11.1. The lowest BCUT2D eigenvalue weighted by Gasteiger charge is -2.20. The zero-order valence-corrected chi connectivity index (χ0v) is 14.1. The van der Waals surface area contributed by atoms with E-state index in [0.717, 1.165) is 6.07 Å². The molecule has 1 heterocycles. The van der Waals surface area contributed by atoms with E-state index >= 15 is 0 Å². The van der Waals surface area contributed by atoms with Crippen LogP contribution in [0.1, 0.15) is 24.6 Å². The minimum atomic E-state index is -4.56. The molecule has 5 nitrogen and oxygen atoms in total. The van der Waals surface area contributed by atoms with Crippen LogP contribution >= 0.6 is 0 Å². The molecule has 1 N–H and O–H groups in total. The first-order valence-corrected chi connectivity index (χ1v) is 7.89. The van der Waals surface area contributed by atoms with Gasteiger partial charge in [0.2, 0.25) is 11.8 Å². The molecule has 2 aromatic rings. The molecular weight excluding hydrogens is 347 g/mol. The van der Waals surface area contributed by atoms with Crippen molar-refractivity contribution in [1.29, 1.82) is 0 Å². The molecule has 0 saturated carbocycles. The number of hydrogen-bond acceptors (Lipinski definition) is 3. The van der Waals surface area contributed by atoms with Gasteiger partial charge < -0.3 is 10.2 Å². The largest absolute Gasteiger partial charge is 0.418 e. The first-order valence-electron chi connectivity index (χ1n) is 7.89. The van der Waals surface area contributed by atoms with Crippen LogP contribution in [0.2, 0.25) is 0 Å². The quantitative estimate of drug-likeness (QED) is 0.853. The van der Waals surface area contributed by atoms with E-state index in [9.17, 15) is 22.8 Å². The highest BCUT2D eigenvalue weighted by Gasteiger charge is 2.33. The van der Waals surface area contributed by atoms with Gasteiger partial charge in [-0.05, 0) is 24.3 Å². The zero-order chi connectivity index (χ0) is 19.2. The van der Waals surface area contributed by atoms with Crippen molar-refractivity contribution in [2.45, 2.75) is 26.1 Å². The fourth-order valence-corrected chi connectivity index (χ4v) is 2.32. The third kappa shape index (κ3) is 5.58. The summed E-state index contributed by atoms with van der Waals surface area (Å²) in [5.41, 5.74) is -0.556. The average molecular weight is 365 g/mol. The number of carbonyl (C=O) groups excluding carboxylic acids is 2. The second-order valence-corrected chi connectivity index (χ2v) is 5.60. The van der Waals surface area contributed by atoms with E-state index in [4.69, 9.17) is 0 Å².